The highest BCUT2D eigenvalue weighted by molar-refractivity contribution is 9.10. The van der Waals surface area contributed by atoms with Crippen molar-refractivity contribution in [3.05, 3.63) is 63.6 Å². The monoisotopic (exact) mass is 407 g/mol. The van der Waals surface area contributed by atoms with Crippen LogP contribution in [-0.4, -0.2) is 13.0 Å². The lowest BCUT2D eigenvalue weighted by Gasteiger charge is -2.14. The molecule has 0 aliphatic carbocycles. The van der Waals surface area contributed by atoms with Gasteiger partial charge in [-0.1, -0.05) is 56.1 Å². The van der Waals surface area contributed by atoms with Crippen LogP contribution in [0, 0.1) is 0 Å². The zero-order chi connectivity index (χ0) is 15.0. The van der Waals surface area contributed by atoms with Gasteiger partial charge >= 0.3 is 0 Å². The first-order valence-electron chi connectivity index (χ1n) is 6.82. The molecule has 21 heavy (non-hydrogen) atoms. The molecule has 0 saturated carbocycles. The smallest absolute Gasteiger partial charge is 0.231 e. The summed E-state index contributed by atoms with van der Waals surface area (Å²) in [6, 6.07) is 14.6. The summed E-state index contributed by atoms with van der Waals surface area (Å²) in [4.78, 5) is 13.7. The molecule has 108 valence electrons. The summed E-state index contributed by atoms with van der Waals surface area (Å²) in [5.74, 6) is 0.167. The molecule has 3 rings (SSSR count). The van der Waals surface area contributed by atoms with E-state index in [0.29, 0.717) is 6.42 Å². The van der Waals surface area contributed by atoms with Gasteiger partial charge in [-0.2, -0.15) is 0 Å². The summed E-state index contributed by atoms with van der Waals surface area (Å²) in [5.41, 5.74) is 4.65. The van der Waals surface area contributed by atoms with E-state index in [1.54, 1.807) is 4.90 Å². The van der Waals surface area contributed by atoms with Crippen LogP contribution < -0.4 is 4.90 Å². The molecule has 4 heteroatoms. The molecule has 2 nitrogen and oxygen atoms in total. The van der Waals surface area contributed by atoms with Gasteiger partial charge in [-0.05, 0) is 41.3 Å². The van der Waals surface area contributed by atoms with Crippen molar-refractivity contribution in [2.75, 3.05) is 11.9 Å². The van der Waals surface area contributed by atoms with E-state index in [-0.39, 0.29) is 10.7 Å². The van der Waals surface area contributed by atoms with Gasteiger partial charge in [0.2, 0.25) is 5.91 Å². The lowest BCUT2D eigenvalue weighted by Crippen LogP contribution is -2.20. The quantitative estimate of drug-likeness (QED) is 0.677. The number of halogens is 2. The molecule has 1 aliphatic heterocycles. The molecule has 0 bridgehead atoms. The van der Waals surface area contributed by atoms with Crippen LogP contribution in [0.1, 0.15) is 21.5 Å². The van der Waals surface area contributed by atoms with E-state index < -0.39 is 0 Å². The molecule has 0 radical (unpaired) electrons. The SMILES string of the molecule is CN1C(=O)Cc2cc(C(Br)Cc3cccc(Br)c3)ccc21. The molecule has 0 spiro atoms. The number of fused-ring (bicyclic) bond motifs is 1. The third-order valence-electron chi connectivity index (χ3n) is 3.85. The zero-order valence-corrected chi connectivity index (χ0v) is 14.8. The minimum atomic E-state index is 0.167. The van der Waals surface area contributed by atoms with E-state index in [0.717, 1.165) is 22.1 Å². The fourth-order valence-corrected chi connectivity index (χ4v) is 3.78. The maximum atomic E-state index is 11.7. The summed E-state index contributed by atoms with van der Waals surface area (Å²) in [6.07, 6.45) is 1.43. The fraction of sp³-hybridized carbons (Fsp3) is 0.235. The number of likely N-dealkylation sites (N-methyl/N-ethyl adjacent to an activating group) is 1. The molecular weight excluding hydrogens is 394 g/mol. The van der Waals surface area contributed by atoms with Gasteiger partial charge in [-0.3, -0.25) is 4.79 Å². The topological polar surface area (TPSA) is 20.3 Å². The number of carbonyl (C=O) groups excluding carboxylic acids is 1. The normalized spacial score (nSPS) is 15.2. The molecule has 1 unspecified atom stereocenters. The highest BCUT2D eigenvalue weighted by atomic mass is 79.9. The van der Waals surface area contributed by atoms with E-state index in [2.05, 4.69) is 62.2 Å². The van der Waals surface area contributed by atoms with Crippen LogP contribution in [0.15, 0.2) is 46.9 Å². The molecule has 0 saturated heterocycles. The predicted molar refractivity (Wildman–Crippen MR) is 93.1 cm³/mol. The standard InChI is InChI=1S/C17H15Br2NO/c1-20-16-6-5-12(9-13(16)10-17(20)21)15(19)8-11-3-2-4-14(18)7-11/h2-7,9,15H,8,10H2,1H3. The van der Waals surface area contributed by atoms with Gasteiger partial charge in [0.05, 0.1) is 6.42 Å². The largest absolute Gasteiger partial charge is 0.315 e. The molecule has 0 fully saturated rings. The highest BCUT2D eigenvalue weighted by Crippen LogP contribution is 2.34. The average molecular weight is 409 g/mol. The van der Waals surface area contributed by atoms with E-state index in [1.807, 2.05) is 19.2 Å². The molecule has 0 N–H and O–H groups in total. The summed E-state index contributed by atoms with van der Waals surface area (Å²) >= 11 is 7.28. The van der Waals surface area contributed by atoms with Crippen LogP contribution in [-0.2, 0) is 17.6 Å². The van der Waals surface area contributed by atoms with Crippen molar-refractivity contribution in [1.82, 2.24) is 0 Å². The maximum Gasteiger partial charge on any atom is 0.231 e. The first-order valence-corrected chi connectivity index (χ1v) is 8.53. The molecule has 1 atom stereocenters. The maximum absolute atomic E-state index is 11.7. The van der Waals surface area contributed by atoms with Crippen LogP contribution in [0.3, 0.4) is 0 Å². The van der Waals surface area contributed by atoms with Gasteiger partial charge in [0.25, 0.3) is 0 Å². The predicted octanol–water partition coefficient (Wildman–Crippen LogP) is 4.65. The minimum absolute atomic E-state index is 0.167. The Bertz CT molecular complexity index is 699. The Morgan fingerprint density at radius 2 is 2.05 bits per heavy atom. The van der Waals surface area contributed by atoms with E-state index in [1.165, 1.54) is 11.1 Å². The van der Waals surface area contributed by atoms with E-state index in [4.69, 9.17) is 0 Å². The van der Waals surface area contributed by atoms with Crippen molar-refractivity contribution in [2.24, 2.45) is 0 Å². The molecule has 1 aliphatic rings. The molecule has 0 aromatic heterocycles. The number of hydrogen-bond acceptors (Lipinski definition) is 1. The van der Waals surface area contributed by atoms with Gasteiger partial charge in [0.1, 0.15) is 0 Å². The lowest BCUT2D eigenvalue weighted by molar-refractivity contribution is -0.117. The van der Waals surface area contributed by atoms with Crippen LogP contribution in [0.2, 0.25) is 0 Å². The number of rotatable bonds is 3. The molecule has 1 heterocycles. The Morgan fingerprint density at radius 1 is 1.24 bits per heavy atom. The number of carbonyl (C=O) groups is 1. The van der Waals surface area contributed by atoms with E-state index in [9.17, 15) is 4.79 Å². The van der Waals surface area contributed by atoms with Crippen LogP contribution >= 0.6 is 31.9 Å². The Labute approximate surface area is 141 Å². The Hall–Kier alpha value is -1.13. The summed E-state index contributed by atoms with van der Waals surface area (Å²) in [6.45, 7) is 0. The van der Waals surface area contributed by atoms with Gasteiger partial charge in [0, 0.05) is 22.0 Å². The molecule has 2 aromatic rings. The molecule has 2 aromatic carbocycles. The number of anilines is 1. The summed E-state index contributed by atoms with van der Waals surface area (Å²) in [7, 11) is 1.83. The first kappa shape index (κ1) is 14.8. The van der Waals surface area contributed by atoms with Crippen molar-refractivity contribution in [2.45, 2.75) is 17.7 Å². The van der Waals surface area contributed by atoms with Crippen LogP contribution in [0.5, 0.6) is 0 Å². The van der Waals surface area contributed by atoms with E-state index >= 15 is 0 Å². The number of hydrogen-bond donors (Lipinski definition) is 0. The highest BCUT2D eigenvalue weighted by Gasteiger charge is 2.24. The third-order valence-corrected chi connectivity index (χ3v) is 5.19. The van der Waals surface area contributed by atoms with Crippen molar-refractivity contribution in [3.63, 3.8) is 0 Å². The van der Waals surface area contributed by atoms with Gasteiger partial charge in [-0.25, -0.2) is 0 Å². The fourth-order valence-electron chi connectivity index (χ4n) is 2.67. The van der Waals surface area contributed by atoms with Crippen molar-refractivity contribution in [3.8, 4) is 0 Å². The number of nitrogens with zero attached hydrogens (tertiary/aromatic N) is 1. The summed E-state index contributed by atoms with van der Waals surface area (Å²) < 4.78 is 1.10. The number of alkyl halides is 1. The van der Waals surface area contributed by atoms with Gasteiger partial charge < -0.3 is 4.90 Å². The van der Waals surface area contributed by atoms with Gasteiger partial charge in [0.15, 0.2) is 0 Å². The average Bonchev–Trinajstić information content (AvgIpc) is 2.73. The van der Waals surface area contributed by atoms with Crippen molar-refractivity contribution < 1.29 is 4.79 Å². The first-order chi connectivity index (χ1) is 10.0. The Morgan fingerprint density at radius 3 is 2.81 bits per heavy atom. The van der Waals surface area contributed by atoms with Crippen LogP contribution in [0.25, 0.3) is 0 Å². The van der Waals surface area contributed by atoms with Crippen LogP contribution in [0.4, 0.5) is 5.69 Å². The van der Waals surface area contributed by atoms with Crippen molar-refractivity contribution >= 4 is 43.5 Å². The Kier molecular flexibility index (Phi) is 4.18. The second-order valence-electron chi connectivity index (χ2n) is 5.32. The second kappa shape index (κ2) is 5.93. The summed E-state index contributed by atoms with van der Waals surface area (Å²) in [5, 5.41) is 0. The van der Waals surface area contributed by atoms with Gasteiger partial charge in [-0.15, -0.1) is 0 Å². The third kappa shape index (κ3) is 3.06. The lowest BCUT2D eigenvalue weighted by atomic mass is 10.0. The molecular formula is C17H15Br2NO. The zero-order valence-electron chi connectivity index (χ0n) is 11.6. The molecule has 1 amide bonds. The Balaban J connectivity index is 1.81. The second-order valence-corrected chi connectivity index (χ2v) is 7.34. The van der Waals surface area contributed by atoms with Crippen molar-refractivity contribution in [1.29, 1.82) is 0 Å². The number of amides is 1. The number of benzene rings is 2. The minimum Gasteiger partial charge on any atom is -0.315 e.